The molecule has 2 heterocycles. The predicted molar refractivity (Wildman–Crippen MR) is 156 cm³/mol. The molecule has 8 nitrogen and oxygen atoms in total. The zero-order valence-electron chi connectivity index (χ0n) is 23.1. The van der Waals surface area contributed by atoms with E-state index >= 15 is 0 Å². The van der Waals surface area contributed by atoms with Crippen molar-refractivity contribution >= 4 is 29.1 Å². The Kier molecular flexibility index (Phi) is 6.85. The summed E-state index contributed by atoms with van der Waals surface area (Å²) in [6, 6.07) is 26.9. The molecule has 3 aliphatic rings. The van der Waals surface area contributed by atoms with Gasteiger partial charge in [-0.1, -0.05) is 84.9 Å². The number of nitrogens with zero attached hydrogens (tertiary/aromatic N) is 2. The number of likely N-dealkylation sites (tertiary alicyclic amines) is 1. The van der Waals surface area contributed by atoms with Crippen molar-refractivity contribution in [3.05, 3.63) is 102 Å². The summed E-state index contributed by atoms with van der Waals surface area (Å²) in [5.41, 5.74) is 8.86. The van der Waals surface area contributed by atoms with Crippen LogP contribution in [0.4, 0.5) is 5.69 Å². The van der Waals surface area contributed by atoms with E-state index in [0.29, 0.717) is 30.7 Å². The smallest absolute Gasteiger partial charge is 0.240 e. The van der Waals surface area contributed by atoms with Gasteiger partial charge < -0.3 is 20.8 Å². The summed E-state index contributed by atoms with van der Waals surface area (Å²) < 4.78 is 0. The molecule has 1 saturated carbocycles. The number of nitrogens with one attached hydrogen (secondary N) is 1. The van der Waals surface area contributed by atoms with Crippen LogP contribution in [0.15, 0.2) is 90.1 Å². The van der Waals surface area contributed by atoms with Gasteiger partial charge in [0.1, 0.15) is 6.04 Å². The Bertz CT molecular complexity index is 1460. The van der Waals surface area contributed by atoms with Gasteiger partial charge >= 0.3 is 0 Å². The first-order valence-corrected chi connectivity index (χ1v) is 14.1. The summed E-state index contributed by atoms with van der Waals surface area (Å²) in [5.74, 6) is -0.726. The number of hydrogen-bond acceptors (Lipinski definition) is 5. The summed E-state index contributed by atoms with van der Waals surface area (Å²) in [6.07, 6.45) is 2.69. The Morgan fingerprint density at radius 3 is 2.27 bits per heavy atom. The molecule has 41 heavy (non-hydrogen) atoms. The Morgan fingerprint density at radius 2 is 1.66 bits per heavy atom. The summed E-state index contributed by atoms with van der Waals surface area (Å²) in [6.45, 7) is 2.20. The summed E-state index contributed by atoms with van der Waals surface area (Å²) >= 11 is 0. The van der Waals surface area contributed by atoms with Crippen molar-refractivity contribution in [3.63, 3.8) is 0 Å². The van der Waals surface area contributed by atoms with E-state index in [1.165, 1.54) is 0 Å². The number of carbonyl (C=O) groups excluding carboxylic acids is 3. The van der Waals surface area contributed by atoms with Gasteiger partial charge in [-0.2, -0.15) is 0 Å². The van der Waals surface area contributed by atoms with Gasteiger partial charge in [-0.25, -0.2) is 0 Å². The molecule has 3 N–H and O–H groups in total. The number of oxime groups is 1. The maximum Gasteiger partial charge on any atom is 0.240 e. The van der Waals surface area contributed by atoms with Gasteiger partial charge in [-0.3, -0.25) is 14.4 Å². The monoisotopic (exact) mass is 550 g/mol. The lowest BCUT2D eigenvalue weighted by molar-refractivity contribution is -0.141. The Balaban J connectivity index is 1.14. The molecule has 6 rings (SSSR count). The van der Waals surface area contributed by atoms with E-state index in [0.717, 1.165) is 29.5 Å². The molecule has 3 aromatic carbocycles. The van der Waals surface area contributed by atoms with Crippen LogP contribution in [-0.2, 0) is 19.2 Å². The summed E-state index contributed by atoms with van der Waals surface area (Å²) in [5, 5.41) is 7.42. The minimum absolute atomic E-state index is 0.0377. The molecule has 0 aromatic heterocycles. The lowest BCUT2D eigenvalue weighted by atomic mass is 9.88. The minimum atomic E-state index is -0.784. The molecule has 3 amide bonds. The first-order valence-electron chi connectivity index (χ1n) is 14.1. The molecular weight excluding hydrogens is 516 g/mol. The van der Waals surface area contributed by atoms with Crippen molar-refractivity contribution in [2.24, 2.45) is 16.3 Å². The van der Waals surface area contributed by atoms with Crippen molar-refractivity contribution in [1.82, 2.24) is 4.90 Å². The number of primary amides is 1. The number of hydrogen-bond donors (Lipinski definition) is 2. The molecule has 1 spiro atoms. The molecule has 0 bridgehead atoms. The number of benzene rings is 3. The zero-order valence-corrected chi connectivity index (χ0v) is 23.1. The highest BCUT2D eigenvalue weighted by Gasteiger charge is 2.57. The van der Waals surface area contributed by atoms with Crippen LogP contribution in [-0.4, -0.2) is 46.5 Å². The zero-order chi connectivity index (χ0) is 28.6. The van der Waals surface area contributed by atoms with Gasteiger partial charge in [0.2, 0.25) is 17.7 Å². The second-order valence-electron chi connectivity index (χ2n) is 11.8. The molecule has 8 heteroatoms. The van der Waals surface area contributed by atoms with Gasteiger partial charge in [0, 0.05) is 41.8 Å². The maximum absolute atomic E-state index is 13.2. The van der Waals surface area contributed by atoms with Crippen molar-refractivity contribution in [2.75, 3.05) is 11.9 Å². The first-order chi connectivity index (χ1) is 19.8. The number of amides is 3. The quantitative estimate of drug-likeness (QED) is 0.427. The molecule has 2 aliphatic heterocycles. The van der Waals surface area contributed by atoms with Crippen LogP contribution in [0.1, 0.15) is 61.6 Å². The molecule has 0 radical (unpaired) electrons. The lowest BCUT2D eigenvalue weighted by Gasteiger charge is -2.25. The van der Waals surface area contributed by atoms with Gasteiger partial charge in [0.15, 0.2) is 5.60 Å². The van der Waals surface area contributed by atoms with E-state index in [2.05, 4.69) is 10.5 Å². The maximum atomic E-state index is 13.2. The Hall–Kier alpha value is -4.46. The number of anilines is 1. The molecule has 1 unspecified atom stereocenters. The molecule has 3 aromatic rings. The SMILES string of the molecule is CC1(C(=O)N2CC3(CC(c4cccc(NC(=O)CC(c5ccccc5)c5ccccc5)c4)=NO3)C[C@@H]2C(N)=O)CC1. The fourth-order valence-corrected chi connectivity index (χ4v) is 6.01. The fourth-order valence-electron chi connectivity index (χ4n) is 6.01. The van der Waals surface area contributed by atoms with Crippen molar-refractivity contribution in [3.8, 4) is 0 Å². The average molecular weight is 551 g/mol. The third-order valence-corrected chi connectivity index (χ3v) is 8.62. The number of nitrogens with two attached hydrogens (primary N) is 1. The largest absolute Gasteiger partial charge is 0.387 e. The van der Waals surface area contributed by atoms with E-state index in [-0.39, 0.29) is 24.3 Å². The Labute approximate surface area is 239 Å². The highest BCUT2D eigenvalue weighted by Crippen LogP contribution is 2.49. The van der Waals surface area contributed by atoms with Gasteiger partial charge in [-0.05, 0) is 36.1 Å². The third kappa shape index (κ3) is 5.46. The Morgan fingerprint density at radius 1 is 1.00 bits per heavy atom. The van der Waals surface area contributed by atoms with Gasteiger partial charge in [0.25, 0.3) is 0 Å². The molecule has 210 valence electrons. The van der Waals surface area contributed by atoms with Crippen LogP contribution < -0.4 is 11.1 Å². The van der Waals surface area contributed by atoms with Crippen LogP contribution >= 0.6 is 0 Å². The van der Waals surface area contributed by atoms with E-state index in [4.69, 9.17) is 10.6 Å². The van der Waals surface area contributed by atoms with Crippen LogP contribution in [0.25, 0.3) is 0 Å². The predicted octanol–water partition coefficient (Wildman–Crippen LogP) is 4.60. The highest BCUT2D eigenvalue weighted by atomic mass is 16.7. The van der Waals surface area contributed by atoms with E-state index in [1.807, 2.05) is 91.9 Å². The van der Waals surface area contributed by atoms with Crippen molar-refractivity contribution in [2.45, 2.75) is 56.6 Å². The normalized spacial score (nSPS) is 22.3. The van der Waals surface area contributed by atoms with Crippen LogP contribution in [0.2, 0.25) is 0 Å². The second-order valence-corrected chi connectivity index (χ2v) is 11.8. The highest BCUT2D eigenvalue weighted by molar-refractivity contribution is 6.03. The van der Waals surface area contributed by atoms with Gasteiger partial charge in [0.05, 0.1) is 12.3 Å². The van der Waals surface area contributed by atoms with Crippen LogP contribution in [0.5, 0.6) is 0 Å². The van der Waals surface area contributed by atoms with Crippen LogP contribution in [0.3, 0.4) is 0 Å². The van der Waals surface area contributed by atoms with E-state index < -0.39 is 23.0 Å². The molecule has 1 aliphatic carbocycles. The van der Waals surface area contributed by atoms with E-state index in [1.54, 1.807) is 4.90 Å². The minimum Gasteiger partial charge on any atom is -0.387 e. The molecule has 1 saturated heterocycles. The summed E-state index contributed by atoms with van der Waals surface area (Å²) in [7, 11) is 0. The second kappa shape index (κ2) is 10.5. The average Bonchev–Trinajstić information content (AvgIpc) is 3.43. The molecular formula is C33H34N4O4. The van der Waals surface area contributed by atoms with Crippen LogP contribution in [0, 0.1) is 5.41 Å². The topological polar surface area (TPSA) is 114 Å². The molecule has 2 atom stereocenters. The first kappa shape index (κ1) is 26.7. The summed E-state index contributed by atoms with van der Waals surface area (Å²) in [4.78, 5) is 46.2. The van der Waals surface area contributed by atoms with Gasteiger partial charge in [-0.15, -0.1) is 0 Å². The van der Waals surface area contributed by atoms with Crippen molar-refractivity contribution < 1.29 is 19.2 Å². The van der Waals surface area contributed by atoms with E-state index in [9.17, 15) is 14.4 Å². The number of rotatable bonds is 8. The van der Waals surface area contributed by atoms with Crippen molar-refractivity contribution in [1.29, 1.82) is 0 Å². The third-order valence-electron chi connectivity index (χ3n) is 8.62. The number of carbonyl (C=O) groups is 3. The standard InChI is InChI=1S/C33H34N4O4/c1-32(15-16-32)31(40)37-21-33(20-28(37)30(34)39)19-27(36-41-33)24-13-8-14-25(17-24)35-29(38)18-26(22-9-4-2-5-10-22)23-11-6-3-7-12-23/h2-14,17,26,28H,15-16,18-21H2,1H3,(H2,34,39)(H,35,38)/t28-,33?/m1/s1. The fraction of sp³-hybridized carbons (Fsp3) is 0.333. The molecule has 2 fully saturated rings. The lowest BCUT2D eigenvalue weighted by Crippen LogP contribution is -2.46.